The Bertz CT molecular complexity index is 457. The lowest BCUT2D eigenvalue weighted by Crippen LogP contribution is -2.23. The average Bonchev–Trinajstić information content (AvgIpc) is 2.36. The van der Waals surface area contributed by atoms with Gasteiger partial charge in [-0.05, 0) is 24.2 Å². The Balaban J connectivity index is 2.74. The van der Waals surface area contributed by atoms with Crippen molar-refractivity contribution in [2.24, 2.45) is 0 Å². The molecule has 1 aromatic rings. The maximum atomic E-state index is 13.1. The number of hydrogen-bond donors (Lipinski definition) is 0. The summed E-state index contributed by atoms with van der Waals surface area (Å²) >= 11 is 0. The zero-order chi connectivity index (χ0) is 12.7. The summed E-state index contributed by atoms with van der Waals surface area (Å²) in [6.07, 6.45) is 0.472. The normalized spacial score (nSPS) is 9.94. The first kappa shape index (κ1) is 13.2. The molecule has 0 atom stereocenters. The van der Waals surface area contributed by atoms with Crippen LogP contribution in [0.5, 0.6) is 0 Å². The van der Waals surface area contributed by atoms with Gasteiger partial charge in [0.1, 0.15) is 11.9 Å². The fraction of sp³-hybridized carbons (Fsp3) is 0.385. The Morgan fingerprint density at radius 2 is 2.12 bits per heavy atom. The van der Waals surface area contributed by atoms with Gasteiger partial charge in [0, 0.05) is 19.5 Å². The predicted molar refractivity (Wildman–Crippen MR) is 62.3 cm³/mol. The molecule has 0 saturated carbocycles. The van der Waals surface area contributed by atoms with E-state index in [-0.39, 0.29) is 5.56 Å². The summed E-state index contributed by atoms with van der Waals surface area (Å²) in [6, 6.07) is 8.46. The van der Waals surface area contributed by atoms with Gasteiger partial charge in [0.25, 0.3) is 0 Å². The van der Waals surface area contributed by atoms with Crippen LogP contribution in [-0.2, 0) is 6.54 Å². The van der Waals surface area contributed by atoms with E-state index in [0.29, 0.717) is 19.5 Å². The van der Waals surface area contributed by atoms with Gasteiger partial charge in [-0.15, -0.1) is 0 Å². The Labute approximate surface area is 101 Å². The molecule has 0 bridgehead atoms. The third-order valence-corrected chi connectivity index (χ3v) is 2.54. The van der Waals surface area contributed by atoms with E-state index < -0.39 is 5.82 Å². The second kappa shape index (κ2) is 6.62. The number of nitriles is 2. The van der Waals surface area contributed by atoms with Crippen molar-refractivity contribution in [3.63, 3.8) is 0 Å². The maximum absolute atomic E-state index is 13.1. The summed E-state index contributed by atoms with van der Waals surface area (Å²) < 4.78 is 13.1. The number of benzene rings is 1. The van der Waals surface area contributed by atoms with E-state index in [9.17, 15) is 4.39 Å². The first-order chi connectivity index (χ1) is 8.21. The molecule has 0 aliphatic rings. The van der Waals surface area contributed by atoms with E-state index in [1.54, 1.807) is 12.1 Å². The molecular formula is C13H14FN3. The van der Waals surface area contributed by atoms with E-state index in [1.165, 1.54) is 6.07 Å². The number of hydrogen-bond acceptors (Lipinski definition) is 3. The van der Waals surface area contributed by atoms with Gasteiger partial charge in [0.2, 0.25) is 0 Å². The van der Waals surface area contributed by atoms with Gasteiger partial charge in [-0.3, -0.25) is 4.90 Å². The van der Waals surface area contributed by atoms with Crippen LogP contribution in [0.2, 0.25) is 0 Å². The standard InChI is InChI=1S/C13H14FN3/c1-2-17(7-3-6-15)10-11-4-5-13(14)12(8-11)9-16/h4-5,8H,2-3,7,10H2,1H3. The van der Waals surface area contributed by atoms with Crippen molar-refractivity contribution in [2.75, 3.05) is 13.1 Å². The molecule has 0 fully saturated rings. The Morgan fingerprint density at radius 1 is 1.35 bits per heavy atom. The minimum Gasteiger partial charge on any atom is -0.298 e. The third kappa shape index (κ3) is 3.86. The van der Waals surface area contributed by atoms with Crippen LogP contribution < -0.4 is 0 Å². The van der Waals surface area contributed by atoms with Crippen LogP contribution in [0.15, 0.2) is 18.2 Å². The summed E-state index contributed by atoms with van der Waals surface area (Å²) in [5, 5.41) is 17.3. The lowest BCUT2D eigenvalue weighted by atomic mass is 10.1. The minimum absolute atomic E-state index is 0.0684. The fourth-order valence-corrected chi connectivity index (χ4v) is 1.57. The van der Waals surface area contributed by atoms with E-state index in [4.69, 9.17) is 10.5 Å². The zero-order valence-corrected chi connectivity index (χ0v) is 9.78. The highest BCUT2D eigenvalue weighted by Crippen LogP contribution is 2.11. The molecule has 0 aliphatic carbocycles. The van der Waals surface area contributed by atoms with Crippen molar-refractivity contribution < 1.29 is 4.39 Å². The Morgan fingerprint density at radius 3 is 2.71 bits per heavy atom. The van der Waals surface area contributed by atoms with Crippen LogP contribution in [0.1, 0.15) is 24.5 Å². The molecule has 0 heterocycles. The second-order valence-electron chi connectivity index (χ2n) is 3.70. The molecule has 4 heteroatoms. The molecular weight excluding hydrogens is 217 g/mol. The van der Waals surface area contributed by atoms with Crippen LogP contribution in [0, 0.1) is 28.5 Å². The van der Waals surface area contributed by atoms with Crippen molar-refractivity contribution in [1.29, 1.82) is 10.5 Å². The van der Waals surface area contributed by atoms with Crippen LogP contribution in [0.25, 0.3) is 0 Å². The van der Waals surface area contributed by atoms with Crippen molar-refractivity contribution in [2.45, 2.75) is 19.9 Å². The van der Waals surface area contributed by atoms with Gasteiger partial charge in [-0.1, -0.05) is 13.0 Å². The molecule has 0 aliphatic heterocycles. The highest BCUT2D eigenvalue weighted by atomic mass is 19.1. The van der Waals surface area contributed by atoms with Crippen LogP contribution >= 0.6 is 0 Å². The molecule has 0 unspecified atom stereocenters. The molecule has 0 radical (unpaired) electrons. The topological polar surface area (TPSA) is 50.8 Å². The molecule has 0 N–H and O–H groups in total. The first-order valence-corrected chi connectivity index (χ1v) is 5.49. The third-order valence-electron chi connectivity index (χ3n) is 2.54. The summed E-state index contributed by atoms with van der Waals surface area (Å²) in [5.41, 5.74) is 0.960. The Kier molecular flexibility index (Phi) is 5.13. The van der Waals surface area contributed by atoms with Gasteiger partial charge in [-0.2, -0.15) is 10.5 Å². The number of rotatable bonds is 5. The van der Waals surface area contributed by atoms with Crippen LogP contribution in [0.4, 0.5) is 4.39 Å². The first-order valence-electron chi connectivity index (χ1n) is 5.49. The van der Waals surface area contributed by atoms with Gasteiger partial charge >= 0.3 is 0 Å². The van der Waals surface area contributed by atoms with Gasteiger partial charge in [-0.25, -0.2) is 4.39 Å². The highest BCUT2D eigenvalue weighted by Gasteiger charge is 2.06. The molecule has 0 saturated heterocycles. The SMILES string of the molecule is CCN(CCC#N)Cc1ccc(F)c(C#N)c1. The molecule has 1 aromatic carbocycles. The number of halogens is 1. The van der Waals surface area contributed by atoms with Crippen molar-refractivity contribution >= 4 is 0 Å². The summed E-state index contributed by atoms with van der Waals surface area (Å²) in [5.74, 6) is -0.490. The zero-order valence-electron chi connectivity index (χ0n) is 9.78. The summed E-state index contributed by atoms with van der Waals surface area (Å²) in [7, 11) is 0. The lowest BCUT2D eigenvalue weighted by molar-refractivity contribution is 0.286. The van der Waals surface area contributed by atoms with Crippen molar-refractivity contribution in [1.82, 2.24) is 4.90 Å². The van der Waals surface area contributed by atoms with E-state index in [2.05, 4.69) is 11.0 Å². The molecule has 0 amide bonds. The molecule has 0 aromatic heterocycles. The lowest BCUT2D eigenvalue weighted by Gasteiger charge is -2.18. The monoisotopic (exact) mass is 231 g/mol. The molecule has 17 heavy (non-hydrogen) atoms. The van der Waals surface area contributed by atoms with Crippen LogP contribution in [0.3, 0.4) is 0 Å². The van der Waals surface area contributed by atoms with Gasteiger partial charge < -0.3 is 0 Å². The summed E-state index contributed by atoms with van der Waals surface area (Å²) in [6.45, 7) is 4.15. The minimum atomic E-state index is -0.490. The molecule has 88 valence electrons. The smallest absolute Gasteiger partial charge is 0.140 e. The maximum Gasteiger partial charge on any atom is 0.140 e. The largest absolute Gasteiger partial charge is 0.298 e. The predicted octanol–water partition coefficient (Wildman–Crippen LogP) is 2.43. The molecule has 3 nitrogen and oxygen atoms in total. The van der Waals surface area contributed by atoms with Crippen molar-refractivity contribution in [3.8, 4) is 12.1 Å². The number of nitrogens with zero attached hydrogens (tertiary/aromatic N) is 3. The molecule has 1 rings (SSSR count). The van der Waals surface area contributed by atoms with Gasteiger partial charge in [0.15, 0.2) is 0 Å². The quantitative estimate of drug-likeness (QED) is 0.782. The highest BCUT2D eigenvalue weighted by molar-refractivity contribution is 5.34. The van der Waals surface area contributed by atoms with Gasteiger partial charge in [0.05, 0.1) is 11.6 Å². The Hall–Kier alpha value is -1.91. The van der Waals surface area contributed by atoms with E-state index >= 15 is 0 Å². The van der Waals surface area contributed by atoms with E-state index in [0.717, 1.165) is 12.1 Å². The van der Waals surface area contributed by atoms with E-state index in [1.807, 2.05) is 13.0 Å². The van der Waals surface area contributed by atoms with Crippen LogP contribution in [-0.4, -0.2) is 18.0 Å². The second-order valence-corrected chi connectivity index (χ2v) is 3.70. The fourth-order valence-electron chi connectivity index (χ4n) is 1.57. The average molecular weight is 231 g/mol. The van der Waals surface area contributed by atoms with Crippen molar-refractivity contribution in [3.05, 3.63) is 35.1 Å². The summed E-state index contributed by atoms with van der Waals surface area (Å²) in [4.78, 5) is 2.08. The molecule has 0 spiro atoms.